The number of hydrogen-bond donors (Lipinski definition) is 0. The zero-order valence-corrected chi connectivity index (χ0v) is 13.1. The molecule has 2 saturated heterocycles. The van der Waals surface area contributed by atoms with Crippen LogP contribution in [0.3, 0.4) is 0 Å². The highest BCUT2D eigenvalue weighted by molar-refractivity contribution is 7.10. The highest BCUT2D eigenvalue weighted by Crippen LogP contribution is 2.30. The molecular formula is C16H24N2OS. The molecule has 0 saturated carbocycles. The summed E-state index contributed by atoms with van der Waals surface area (Å²) in [4.78, 5) is 18.5. The average Bonchev–Trinajstić information content (AvgIpc) is 3.18. The number of nitrogens with zero attached hydrogens (tertiary/aromatic N) is 2. The van der Waals surface area contributed by atoms with E-state index in [1.165, 1.54) is 37.1 Å². The average molecular weight is 292 g/mol. The number of thiophene rings is 1. The topological polar surface area (TPSA) is 23.6 Å². The van der Waals surface area contributed by atoms with E-state index in [1.54, 1.807) is 11.3 Å². The minimum Gasteiger partial charge on any atom is -0.338 e. The van der Waals surface area contributed by atoms with Gasteiger partial charge in [-0.05, 0) is 50.2 Å². The number of amides is 1. The SMILES string of the molecule is CCN1CCC[C@@H]1[C@H]1CCCN1C(=O)Cc1cccs1. The molecule has 1 amide bonds. The van der Waals surface area contributed by atoms with Crippen LogP contribution in [0.5, 0.6) is 0 Å². The molecule has 0 N–H and O–H groups in total. The number of likely N-dealkylation sites (tertiary alicyclic amines) is 2. The van der Waals surface area contributed by atoms with Crippen LogP contribution in [-0.2, 0) is 11.2 Å². The van der Waals surface area contributed by atoms with Crippen molar-refractivity contribution in [2.24, 2.45) is 0 Å². The lowest BCUT2D eigenvalue weighted by Crippen LogP contribution is -2.48. The van der Waals surface area contributed by atoms with Crippen LogP contribution in [-0.4, -0.2) is 47.4 Å². The number of carbonyl (C=O) groups is 1. The first-order valence-electron chi connectivity index (χ1n) is 7.85. The molecule has 0 spiro atoms. The summed E-state index contributed by atoms with van der Waals surface area (Å²) in [5.41, 5.74) is 0. The standard InChI is InChI=1S/C16H24N2OS/c1-2-17-9-3-7-14(17)15-8-4-10-18(15)16(19)12-13-6-5-11-20-13/h5-6,11,14-15H,2-4,7-10,12H2,1H3/t14-,15-/m1/s1. The van der Waals surface area contributed by atoms with E-state index in [4.69, 9.17) is 0 Å². The van der Waals surface area contributed by atoms with Gasteiger partial charge in [0, 0.05) is 23.5 Å². The Balaban J connectivity index is 1.67. The van der Waals surface area contributed by atoms with Crippen molar-refractivity contribution in [2.75, 3.05) is 19.6 Å². The second-order valence-electron chi connectivity index (χ2n) is 5.89. The molecule has 0 aromatic carbocycles. The van der Waals surface area contributed by atoms with Crippen LogP contribution in [0.4, 0.5) is 0 Å². The zero-order valence-electron chi connectivity index (χ0n) is 12.3. The van der Waals surface area contributed by atoms with Crippen LogP contribution in [0.1, 0.15) is 37.5 Å². The molecule has 3 heterocycles. The van der Waals surface area contributed by atoms with E-state index in [0.29, 0.717) is 24.4 Å². The van der Waals surface area contributed by atoms with Gasteiger partial charge < -0.3 is 4.90 Å². The molecule has 2 aliphatic heterocycles. The summed E-state index contributed by atoms with van der Waals surface area (Å²) in [5, 5.41) is 2.06. The summed E-state index contributed by atoms with van der Waals surface area (Å²) in [7, 11) is 0. The summed E-state index contributed by atoms with van der Waals surface area (Å²) in [5.74, 6) is 0.331. The van der Waals surface area contributed by atoms with Crippen molar-refractivity contribution >= 4 is 17.2 Å². The van der Waals surface area contributed by atoms with Crippen LogP contribution >= 0.6 is 11.3 Å². The third-order valence-corrected chi connectivity index (χ3v) is 5.67. The van der Waals surface area contributed by atoms with E-state index in [-0.39, 0.29) is 0 Å². The van der Waals surface area contributed by atoms with E-state index in [1.807, 2.05) is 6.07 Å². The fourth-order valence-electron chi connectivity index (χ4n) is 3.85. The normalized spacial score (nSPS) is 27.4. The third-order valence-electron chi connectivity index (χ3n) is 4.79. The predicted octanol–water partition coefficient (Wildman–Crippen LogP) is 2.77. The molecule has 4 heteroatoms. The Morgan fingerprint density at radius 3 is 2.85 bits per heavy atom. The Hall–Kier alpha value is -0.870. The molecule has 20 heavy (non-hydrogen) atoms. The first kappa shape index (κ1) is 14.1. The first-order chi connectivity index (χ1) is 9.79. The van der Waals surface area contributed by atoms with Crippen molar-refractivity contribution in [3.8, 4) is 0 Å². The highest BCUT2D eigenvalue weighted by atomic mass is 32.1. The lowest BCUT2D eigenvalue weighted by Gasteiger charge is -2.34. The summed E-state index contributed by atoms with van der Waals surface area (Å²) >= 11 is 1.69. The maximum atomic E-state index is 12.6. The van der Waals surface area contributed by atoms with Crippen molar-refractivity contribution < 1.29 is 4.79 Å². The molecule has 2 atom stereocenters. The molecule has 1 aromatic heterocycles. The summed E-state index contributed by atoms with van der Waals surface area (Å²) in [6.07, 6.45) is 5.52. The van der Waals surface area contributed by atoms with Gasteiger partial charge in [0.2, 0.25) is 5.91 Å². The second-order valence-corrected chi connectivity index (χ2v) is 6.92. The summed E-state index contributed by atoms with van der Waals surface area (Å²) in [6, 6.07) is 5.17. The second kappa shape index (κ2) is 6.27. The van der Waals surface area contributed by atoms with Gasteiger partial charge in [-0.3, -0.25) is 9.69 Å². The Morgan fingerprint density at radius 1 is 1.30 bits per heavy atom. The fraction of sp³-hybridized carbons (Fsp3) is 0.688. The molecular weight excluding hydrogens is 268 g/mol. The molecule has 2 aliphatic rings. The first-order valence-corrected chi connectivity index (χ1v) is 8.73. The monoisotopic (exact) mass is 292 g/mol. The number of likely N-dealkylation sites (N-methyl/N-ethyl adjacent to an activating group) is 1. The Morgan fingerprint density at radius 2 is 2.10 bits per heavy atom. The molecule has 0 bridgehead atoms. The van der Waals surface area contributed by atoms with E-state index in [0.717, 1.165) is 13.1 Å². The number of carbonyl (C=O) groups excluding carboxylic acids is 1. The van der Waals surface area contributed by atoms with Gasteiger partial charge in [-0.1, -0.05) is 13.0 Å². The van der Waals surface area contributed by atoms with E-state index in [2.05, 4.69) is 28.2 Å². The molecule has 2 fully saturated rings. The van der Waals surface area contributed by atoms with Crippen molar-refractivity contribution in [1.29, 1.82) is 0 Å². The van der Waals surface area contributed by atoms with Crippen molar-refractivity contribution in [3.05, 3.63) is 22.4 Å². The Bertz CT molecular complexity index is 445. The number of rotatable bonds is 4. The Kier molecular flexibility index (Phi) is 4.41. The smallest absolute Gasteiger partial charge is 0.228 e. The molecule has 0 unspecified atom stereocenters. The highest BCUT2D eigenvalue weighted by Gasteiger charge is 2.38. The van der Waals surface area contributed by atoms with E-state index >= 15 is 0 Å². The molecule has 0 radical (unpaired) electrons. The lowest BCUT2D eigenvalue weighted by molar-refractivity contribution is -0.132. The van der Waals surface area contributed by atoms with Crippen molar-refractivity contribution in [3.63, 3.8) is 0 Å². The molecule has 3 nitrogen and oxygen atoms in total. The minimum atomic E-state index is 0.331. The van der Waals surface area contributed by atoms with Gasteiger partial charge in [0.05, 0.1) is 6.42 Å². The largest absolute Gasteiger partial charge is 0.338 e. The van der Waals surface area contributed by atoms with Gasteiger partial charge in [-0.15, -0.1) is 11.3 Å². The maximum absolute atomic E-state index is 12.6. The van der Waals surface area contributed by atoms with Gasteiger partial charge in [0.1, 0.15) is 0 Å². The summed E-state index contributed by atoms with van der Waals surface area (Å²) in [6.45, 7) is 5.53. The number of hydrogen-bond acceptors (Lipinski definition) is 3. The molecule has 3 rings (SSSR count). The molecule has 110 valence electrons. The van der Waals surface area contributed by atoms with Crippen LogP contribution in [0.25, 0.3) is 0 Å². The van der Waals surface area contributed by atoms with E-state index < -0.39 is 0 Å². The Labute approximate surface area is 125 Å². The fourth-order valence-corrected chi connectivity index (χ4v) is 4.54. The minimum absolute atomic E-state index is 0.331. The molecule has 1 aromatic rings. The van der Waals surface area contributed by atoms with E-state index in [9.17, 15) is 4.79 Å². The van der Waals surface area contributed by atoms with Crippen molar-refractivity contribution in [1.82, 2.24) is 9.80 Å². The zero-order chi connectivity index (χ0) is 13.9. The van der Waals surface area contributed by atoms with Crippen LogP contribution in [0.2, 0.25) is 0 Å². The van der Waals surface area contributed by atoms with Crippen LogP contribution in [0, 0.1) is 0 Å². The lowest BCUT2D eigenvalue weighted by atomic mass is 10.0. The van der Waals surface area contributed by atoms with Gasteiger partial charge >= 0.3 is 0 Å². The molecule has 0 aliphatic carbocycles. The predicted molar refractivity (Wildman–Crippen MR) is 83.0 cm³/mol. The third kappa shape index (κ3) is 2.77. The maximum Gasteiger partial charge on any atom is 0.228 e. The summed E-state index contributed by atoms with van der Waals surface area (Å²) < 4.78 is 0. The van der Waals surface area contributed by atoms with Gasteiger partial charge in [-0.25, -0.2) is 0 Å². The van der Waals surface area contributed by atoms with Crippen LogP contribution in [0.15, 0.2) is 17.5 Å². The van der Waals surface area contributed by atoms with Gasteiger partial charge in [0.25, 0.3) is 0 Å². The van der Waals surface area contributed by atoms with Gasteiger partial charge in [-0.2, -0.15) is 0 Å². The van der Waals surface area contributed by atoms with Crippen LogP contribution < -0.4 is 0 Å². The van der Waals surface area contributed by atoms with Gasteiger partial charge in [0.15, 0.2) is 0 Å². The van der Waals surface area contributed by atoms with Crippen molar-refractivity contribution in [2.45, 2.75) is 51.1 Å². The quantitative estimate of drug-likeness (QED) is 0.852.